The maximum atomic E-state index is 12.1. The fraction of sp³-hybridized carbons (Fsp3) is 0.750. The number of carboxylic acid groups (broad SMARTS) is 1. The van der Waals surface area contributed by atoms with Gasteiger partial charge in [-0.05, 0) is 19.6 Å². The Morgan fingerprint density at radius 1 is 1.50 bits per heavy atom. The van der Waals surface area contributed by atoms with Crippen LogP contribution in [0.3, 0.4) is 0 Å². The van der Waals surface area contributed by atoms with Gasteiger partial charge in [0.1, 0.15) is 17.5 Å². The van der Waals surface area contributed by atoms with E-state index >= 15 is 0 Å². The molecule has 0 aromatic rings. The molecule has 6 nitrogen and oxygen atoms in total. The molecule has 0 spiro atoms. The molecule has 2 aliphatic rings. The zero-order valence-corrected chi connectivity index (χ0v) is 13.2. The maximum Gasteiger partial charge on any atom is 0.327 e. The van der Waals surface area contributed by atoms with E-state index in [9.17, 15) is 19.5 Å². The molecule has 112 valence electrons. The molecule has 0 bridgehead atoms. The minimum absolute atomic E-state index is 0.174. The van der Waals surface area contributed by atoms with E-state index in [4.69, 9.17) is 0 Å². The lowest BCUT2D eigenvalue weighted by Gasteiger charge is -2.43. The van der Waals surface area contributed by atoms with E-state index in [-0.39, 0.29) is 17.2 Å². The number of β-lactam (4-membered cyclic amide) rings is 1. The van der Waals surface area contributed by atoms with Crippen molar-refractivity contribution in [3.8, 4) is 0 Å². The molecule has 2 fully saturated rings. The standard InChI is InChI=1S/C12H18N2O4S2/c1-4-19-5-6(15)13-7-9(16)14-8(11(17)18)12(2,3)20-10(7)14/h7-8,10H,4-5H2,1-3H3,(H,13,15)(H,17,18). The van der Waals surface area contributed by atoms with Crippen LogP contribution in [0.1, 0.15) is 20.8 Å². The van der Waals surface area contributed by atoms with Crippen molar-refractivity contribution in [1.29, 1.82) is 0 Å². The third-order valence-electron chi connectivity index (χ3n) is 3.43. The minimum atomic E-state index is -0.996. The van der Waals surface area contributed by atoms with Crippen molar-refractivity contribution in [2.75, 3.05) is 11.5 Å². The number of fused-ring (bicyclic) bond motifs is 1. The van der Waals surface area contributed by atoms with E-state index in [1.807, 2.05) is 20.8 Å². The Morgan fingerprint density at radius 2 is 2.15 bits per heavy atom. The molecule has 0 aromatic heterocycles. The number of carbonyl (C=O) groups excluding carboxylic acids is 2. The molecule has 2 amide bonds. The van der Waals surface area contributed by atoms with Gasteiger partial charge in [0, 0.05) is 4.75 Å². The number of hydrogen-bond donors (Lipinski definition) is 2. The zero-order valence-electron chi connectivity index (χ0n) is 11.6. The van der Waals surface area contributed by atoms with Gasteiger partial charge in [0.05, 0.1) is 5.75 Å². The average Bonchev–Trinajstić information content (AvgIpc) is 2.62. The first-order chi connectivity index (χ1) is 9.29. The fourth-order valence-electron chi connectivity index (χ4n) is 2.56. The highest BCUT2D eigenvalue weighted by molar-refractivity contribution is 8.01. The van der Waals surface area contributed by atoms with Crippen molar-refractivity contribution in [2.45, 2.75) is 43.0 Å². The van der Waals surface area contributed by atoms with Crippen molar-refractivity contribution in [1.82, 2.24) is 10.2 Å². The number of hydrogen-bond acceptors (Lipinski definition) is 5. The number of carboxylic acids is 1. The quantitative estimate of drug-likeness (QED) is 0.712. The van der Waals surface area contributed by atoms with Crippen LogP contribution in [0.2, 0.25) is 0 Å². The highest BCUT2D eigenvalue weighted by atomic mass is 32.2. The van der Waals surface area contributed by atoms with Gasteiger partial charge in [-0.1, -0.05) is 6.92 Å². The molecular weight excluding hydrogens is 300 g/mol. The number of nitrogens with zero attached hydrogens (tertiary/aromatic N) is 1. The highest BCUT2D eigenvalue weighted by Gasteiger charge is 2.64. The van der Waals surface area contributed by atoms with Crippen LogP contribution in [-0.2, 0) is 14.4 Å². The molecule has 3 atom stereocenters. The molecule has 0 saturated carbocycles. The third-order valence-corrected chi connectivity index (χ3v) is 5.87. The van der Waals surface area contributed by atoms with Crippen LogP contribution in [0.4, 0.5) is 0 Å². The summed E-state index contributed by atoms with van der Waals surface area (Å²) in [5, 5.41) is 11.7. The summed E-state index contributed by atoms with van der Waals surface area (Å²) < 4.78 is -0.552. The van der Waals surface area contributed by atoms with Crippen molar-refractivity contribution in [3.63, 3.8) is 0 Å². The van der Waals surface area contributed by atoms with Gasteiger partial charge >= 0.3 is 5.97 Å². The van der Waals surface area contributed by atoms with Crippen LogP contribution in [0, 0.1) is 0 Å². The summed E-state index contributed by atoms with van der Waals surface area (Å²) >= 11 is 2.92. The molecule has 20 heavy (non-hydrogen) atoms. The lowest BCUT2D eigenvalue weighted by molar-refractivity contribution is -0.160. The summed E-state index contributed by atoms with van der Waals surface area (Å²) in [5.41, 5.74) is 0. The van der Waals surface area contributed by atoms with E-state index in [1.54, 1.807) is 0 Å². The van der Waals surface area contributed by atoms with Gasteiger partial charge in [-0.25, -0.2) is 4.79 Å². The molecule has 2 heterocycles. The minimum Gasteiger partial charge on any atom is -0.480 e. The van der Waals surface area contributed by atoms with Gasteiger partial charge in [-0.15, -0.1) is 11.8 Å². The van der Waals surface area contributed by atoms with Gasteiger partial charge < -0.3 is 15.3 Å². The number of aliphatic carboxylic acids is 1. The van der Waals surface area contributed by atoms with Crippen LogP contribution >= 0.6 is 23.5 Å². The second-order valence-corrected chi connectivity index (χ2v) is 8.33. The molecule has 3 unspecified atom stereocenters. The van der Waals surface area contributed by atoms with Crippen LogP contribution in [0.25, 0.3) is 0 Å². The summed E-state index contributed by atoms with van der Waals surface area (Å²) in [6.45, 7) is 5.59. The Labute approximate surface area is 126 Å². The number of rotatable bonds is 5. The molecule has 2 N–H and O–H groups in total. The molecule has 8 heteroatoms. The van der Waals surface area contributed by atoms with Gasteiger partial charge in [0.25, 0.3) is 0 Å². The molecule has 0 aromatic carbocycles. The largest absolute Gasteiger partial charge is 0.480 e. The predicted molar refractivity (Wildman–Crippen MR) is 78.7 cm³/mol. The van der Waals surface area contributed by atoms with Crippen LogP contribution in [0.5, 0.6) is 0 Å². The number of thioether (sulfide) groups is 2. The van der Waals surface area contributed by atoms with Gasteiger partial charge in [0.15, 0.2) is 0 Å². The first kappa shape index (κ1) is 15.5. The third kappa shape index (κ3) is 2.50. The normalized spacial score (nSPS) is 30.6. The van der Waals surface area contributed by atoms with E-state index in [1.165, 1.54) is 28.4 Å². The van der Waals surface area contributed by atoms with E-state index < -0.39 is 22.8 Å². The van der Waals surface area contributed by atoms with Gasteiger partial charge in [-0.3, -0.25) is 9.59 Å². The average molecular weight is 318 g/mol. The van der Waals surface area contributed by atoms with Crippen molar-refractivity contribution in [3.05, 3.63) is 0 Å². The summed E-state index contributed by atoms with van der Waals surface area (Å²) in [6.07, 6.45) is 0. The Bertz CT molecular complexity index is 455. The monoisotopic (exact) mass is 318 g/mol. The Hall–Kier alpha value is -0.890. The second kappa shape index (κ2) is 5.48. The Morgan fingerprint density at radius 3 is 2.70 bits per heavy atom. The van der Waals surface area contributed by atoms with E-state index in [0.29, 0.717) is 5.75 Å². The first-order valence-electron chi connectivity index (χ1n) is 6.39. The molecular formula is C12H18N2O4S2. The molecule has 2 aliphatic heterocycles. The zero-order chi connectivity index (χ0) is 15.1. The fourth-order valence-corrected chi connectivity index (χ4v) is 4.65. The highest BCUT2D eigenvalue weighted by Crippen LogP contribution is 2.50. The molecule has 0 radical (unpaired) electrons. The first-order valence-corrected chi connectivity index (χ1v) is 8.43. The SMILES string of the molecule is CCSCC(=O)NC1C(=O)N2C1SC(C)(C)C2C(=O)O. The number of nitrogens with one attached hydrogen (secondary N) is 1. The van der Waals surface area contributed by atoms with Crippen molar-refractivity contribution in [2.24, 2.45) is 0 Å². The van der Waals surface area contributed by atoms with Crippen LogP contribution in [-0.4, -0.2) is 61.5 Å². The Balaban J connectivity index is 2.03. The summed E-state index contributed by atoms with van der Waals surface area (Å²) in [5.74, 6) is -0.305. The van der Waals surface area contributed by atoms with Crippen LogP contribution in [0.15, 0.2) is 0 Å². The molecule has 2 saturated heterocycles. The second-order valence-electron chi connectivity index (χ2n) is 5.28. The number of amides is 2. The molecule has 2 rings (SSSR count). The predicted octanol–water partition coefficient (Wildman–Crippen LogP) is 0.371. The lowest BCUT2D eigenvalue weighted by atomic mass is 9.96. The van der Waals surface area contributed by atoms with Crippen molar-refractivity contribution >= 4 is 41.3 Å². The summed E-state index contributed by atoms with van der Waals surface area (Å²) in [6, 6.07) is -1.42. The Kier molecular flexibility index (Phi) is 4.24. The topological polar surface area (TPSA) is 86.7 Å². The number of carbonyl (C=O) groups is 3. The van der Waals surface area contributed by atoms with Gasteiger partial charge in [0.2, 0.25) is 11.8 Å². The smallest absolute Gasteiger partial charge is 0.327 e. The summed E-state index contributed by atoms with van der Waals surface area (Å²) in [7, 11) is 0. The van der Waals surface area contributed by atoms with Crippen molar-refractivity contribution < 1.29 is 19.5 Å². The van der Waals surface area contributed by atoms with Gasteiger partial charge in [-0.2, -0.15) is 11.8 Å². The van der Waals surface area contributed by atoms with E-state index in [2.05, 4.69) is 5.32 Å². The molecule has 0 aliphatic carbocycles. The van der Waals surface area contributed by atoms with Crippen LogP contribution < -0.4 is 5.32 Å². The summed E-state index contributed by atoms with van der Waals surface area (Å²) in [4.78, 5) is 36.5. The lowest BCUT2D eigenvalue weighted by Crippen LogP contribution is -2.70. The van der Waals surface area contributed by atoms with E-state index in [0.717, 1.165) is 5.75 Å². The maximum absolute atomic E-state index is 12.1.